The standard InChI is InChI=1S/C15H19N/c1-10-8-12-13(15(3,4)5)6-7-16-14(12)9-11(10)2/h6-9H,1-5H3. The fourth-order valence-electron chi connectivity index (χ4n) is 2.06. The zero-order valence-corrected chi connectivity index (χ0v) is 10.8. The van der Waals surface area contributed by atoms with Crippen LogP contribution in [0.1, 0.15) is 37.5 Å². The van der Waals surface area contributed by atoms with Crippen LogP contribution in [0.3, 0.4) is 0 Å². The average Bonchev–Trinajstić information content (AvgIpc) is 2.17. The summed E-state index contributed by atoms with van der Waals surface area (Å²) in [7, 11) is 0. The predicted octanol–water partition coefficient (Wildman–Crippen LogP) is 4.15. The lowest BCUT2D eigenvalue weighted by Crippen LogP contribution is -2.12. The molecule has 1 aromatic carbocycles. The number of hydrogen-bond donors (Lipinski definition) is 0. The van der Waals surface area contributed by atoms with Gasteiger partial charge in [-0.25, -0.2) is 0 Å². The number of pyridine rings is 1. The summed E-state index contributed by atoms with van der Waals surface area (Å²) in [6.45, 7) is 11.0. The van der Waals surface area contributed by atoms with E-state index in [0.717, 1.165) is 5.52 Å². The highest BCUT2D eigenvalue weighted by molar-refractivity contribution is 5.84. The van der Waals surface area contributed by atoms with Crippen LogP contribution in [0.2, 0.25) is 0 Å². The average molecular weight is 213 g/mol. The Kier molecular flexibility index (Phi) is 2.49. The minimum absolute atomic E-state index is 0.170. The van der Waals surface area contributed by atoms with Crippen molar-refractivity contribution in [1.82, 2.24) is 4.98 Å². The topological polar surface area (TPSA) is 12.9 Å². The van der Waals surface area contributed by atoms with E-state index in [0.29, 0.717) is 0 Å². The van der Waals surface area contributed by atoms with Crippen LogP contribution in [0, 0.1) is 13.8 Å². The molecule has 0 aliphatic carbocycles. The highest BCUT2D eigenvalue weighted by Gasteiger charge is 2.17. The van der Waals surface area contributed by atoms with E-state index in [-0.39, 0.29) is 5.41 Å². The summed E-state index contributed by atoms with van der Waals surface area (Å²) >= 11 is 0. The first-order chi connectivity index (χ1) is 7.39. The molecule has 0 atom stereocenters. The van der Waals surface area contributed by atoms with E-state index >= 15 is 0 Å². The summed E-state index contributed by atoms with van der Waals surface area (Å²) in [4.78, 5) is 4.46. The maximum atomic E-state index is 4.46. The van der Waals surface area contributed by atoms with Crippen molar-refractivity contribution in [2.45, 2.75) is 40.0 Å². The second kappa shape index (κ2) is 3.58. The molecule has 84 valence electrons. The Labute approximate surface area is 97.5 Å². The fraction of sp³-hybridized carbons (Fsp3) is 0.400. The van der Waals surface area contributed by atoms with Gasteiger partial charge in [0.2, 0.25) is 0 Å². The number of hydrogen-bond acceptors (Lipinski definition) is 1. The summed E-state index contributed by atoms with van der Waals surface area (Å²) in [5, 5.41) is 1.29. The summed E-state index contributed by atoms with van der Waals surface area (Å²) in [5.74, 6) is 0. The second-order valence-corrected chi connectivity index (χ2v) is 5.56. The van der Waals surface area contributed by atoms with Gasteiger partial charge >= 0.3 is 0 Å². The van der Waals surface area contributed by atoms with E-state index in [9.17, 15) is 0 Å². The molecule has 1 heteroatoms. The normalized spacial score (nSPS) is 12.1. The molecule has 1 aromatic heterocycles. The number of benzene rings is 1. The molecule has 0 N–H and O–H groups in total. The highest BCUT2D eigenvalue weighted by Crippen LogP contribution is 2.30. The Bertz CT molecular complexity index is 533. The van der Waals surface area contributed by atoms with Crippen molar-refractivity contribution in [2.75, 3.05) is 0 Å². The van der Waals surface area contributed by atoms with Crippen molar-refractivity contribution < 1.29 is 0 Å². The van der Waals surface area contributed by atoms with Crippen molar-refractivity contribution in [2.24, 2.45) is 0 Å². The molecule has 0 spiro atoms. The molecule has 0 unspecified atom stereocenters. The summed E-state index contributed by atoms with van der Waals surface area (Å²) in [5.41, 5.74) is 5.30. The van der Waals surface area contributed by atoms with Gasteiger partial charge in [-0.3, -0.25) is 4.98 Å². The van der Waals surface area contributed by atoms with Crippen molar-refractivity contribution in [3.05, 3.63) is 41.1 Å². The Morgan fingerprint density at radius 1 is 1.00 bits per heavy atom. The van der Waals surface area contributed by atoms with Crippen LogP contribution in [0.15, 0.2) is 24.4 Å². The first-order valence-corrected chi connectivity index (χ1v) is 5.76. The summed E-state index contributed by atoms with van der Waals surface area (Å²) < 4.78 is 0. The van der Waals surface area contributed by atoms with Gasteiger partial charge in [-0.1, -0.05) is 20.8 Å². The molecule has 1 heterocycles. The van der Waals surface area contributed by atoms with E-state index in [2.05, 4.69) is 57.8 Å². The number of rotatable bonds is 0. The van der Waals surface area contributed by atoms with Crippen molar-refractivity contribution in [3.8, 4) is 0 Å². The molecule has 2 aromatic rings. The quantitative estimate of drug-likeness (QED) is 0.640. The van der Waals surface area contributed by atoms with Gasteiger partial charge in [0, 0.05) is 11.6 Å². The van der Waals surface area contributed by atoms with E-state index in [1.165, 1.54) is 22.1 Å². The van der Waals surface area contributed by atoms with Gasteiger partial charge in [-0.05, 0) is 54.2 Å². The van der Waals surface area contributed by atoms with Crippen molar-refractivity contribution in [1.29, 1.82) is 0 Å². The summed E-state index contributed by atoms with van der Waals surface area (Å²) in [6, 6.07) is 6.58. The molecule has 0 saturated carbocycles. The van der Waals surface area contributed by atoms with Crippen LogP contribution in [0.4, 0.5) is 0 Å². The SMILES string of the molecule is Cc1cc2nccc(C(C)(C)C)c2cc1C. The molecule has 0 bridgehead atoms. The molecule has 0 fully saturated rings. The molecular formula is C15H19N. The maximum Gasteiger partial charge on any atom is 0.0707 e. The maximum absolute atomic E-state index is 4.46. The van der Waals surface area contributed by atoms with E-state index in [1.807, 2.05) is 6.20 Å². The zero-order chi connectivity index (χ0) is 11.9. The smallest absolute Gasteiger partial charge is 0.0707 e. The van der Waals surface area contributed by atoms with Gasteiger partial charge in [0.05, 0.1) is 5.52 Å². The van der Waals surface area contributed by atoms with Crippen LogP contribution in [0.5, 0.6) is 0 Å². The van der Waals surface area contributed by atoms with Crippen LogP contribution in [0.25, 0.3) is 10.9 Å². The van der Waals surface area contributed by atoms with Crippen LogP contribution in [-0.2, 0) is 5.41 Å². The molecule has 0 aliphatic rings. The minimum Gasteiger partial charge on any atom is -0.256 e. The third-order valence-corrected chi connectivity index (χ3v) is 3.17. The minimum atomic E-state index is 0.170. The third kappa shape index (κ3) is 1.82. The Morgan fingerprint density at radius 2 is 1.62 bits per heavy atom. The van der Waals surface area contributed by atoms with Crippen molar-refractivity contribution in [3.63, 3.8) is 0 Å². The van der Waals surface area contributed by atoms with Crippen molar-refractivity contribution >= 4 is 10.9 Å². The lowest BCUT2D eigenvalue weighted by atomic mass is 9.84. The number of nitrogens with zero attached hydrogens (tertiary/aromatic N) is 1. The molecule has 0 aliphatic heterocycles. The lowest BCUT2D eigenvalue weighted by molar-refractivity contribution is 0.595. The van der Waals surface area contributed by atoms with Gasteiger partial charge in [0.1, 0.15) is 0 Å². The monoisotopic (exact) mass is 213 g/mol. The molecule has 16 heavy (non-hydrogen) atoms. The first kappa shape index (κ1) is 11.1. The zero-order valence-electron chi connectivity index (χ0n) is 10.8. The predicted molar refractivity (Wildman–Crippen MR) is 69.9 cm³/mol. The van der Waals surface area contributed by atoms with Gasteiger partial charge in [-0.2, -0.15) is 0 Å². The fourth-order valence-corrected chi connectivity index (χ4v) is 2.06. The summed E-state index contributed by atoms with van der Waals surface area (Å²) in [6.07, 6.45) is 1.91. The number of aromatic nitrogens is 1. The van der Waals surface area contributed by atoms with Crippen LogP contribution in [-0.4, -0.2) is 4.98 Å². The number of aryl methyl sites for hydroxylation is 2. The van der Waals surface area contributed by atoms with E-state index in [4.69, 9.17) is 0 Å². The molecule has 0 amide bonds. The van der Waals surface area contributed by atoms with E-state index < -0.39 is 0 Å². The van der Waals surface area contributed by atoms with Gasteiger partial charge < -0.3 is 0 Å². The molecular weight excluding hydrogens is 194 g/mol. The van der Waals surface area contributed by atoms with Gasteiger partial charge in [-0.15, -0.1) is 0 Å². The third-order valence-electron chi connectivity index (χ3n) is 3.17. The highest BCUT2D eigenvalue weighted by atomic mass is 14.6. The van der Waals surface area contributed by atoms with Crippen LogP contribution < -0.4 is 0 Å². The second-order valence-electron chi connectivity index (χ2n) is 5.56. The van der Waals surface area contributed by atoms with Gasteiger partial charge in [0.15, 0.2) is 0 Å². The molecule has 2 rings (SSSR count). The molecule has 0 radical (unpaired) electrons. The molecule has 0 saturated heterocycles. The van der Waals surface area contributed by atoms with Gasteiger partial charge in [0.25, 0.3) is 0 Å². The Balaban J connectivity index is 2.82. The molecule has 1 nitrogen and oxygen atoms in total. The van der Waals surface area contributed by atoms with Crippen LogP contribution >= 0.6 is 0 Å². The first-order valence-electron chi connectivity index (χ1n) is 5.76. The van der Waals surface area contributed by atoms with E-state index in [1.54, 1.807) is 0 Å². The Morgan fingerprint density at radius 3 is 2.25 bits per heavy atom. The Hall–Kier alpha value is -1.37. The largest absolute Gasteiger partial charge is 0.256 e. The lowest BCUT2D eigenvalue weighted by Gasteiger charge is -2.21. The number of fused-ring (bicyclic) bond motifs is 1.